The summed E-state index contributed by atoms with van der Waals surface area (Å²) in [7, 11) is 0. The number of aryl methyl sites for hydroxylation is 1. The zero-order valence-electron chi connectivity index (χ0n) is 18.8. The number of aromatic nitrogens is 1. The zero-order valence-corrected chi connectivity index (χ0v) is 18.8. The van der Waals surface area contributed by atoms with Gasteiger partial charge in [-0.1, -0.05) is 24.3 Å². The number of benzene rings is 2. The van der Waals surface area contributed by atoms with Gasteiger partial charge in [-0.2, -0.15) is 0 Å². The summed E-state index contributed by atoms with van der Waals surface area (Å²) in [6, 6.07) is 14.3. The van der Waals surface area contributed by atoms with Crippen molar-refractivity contribution >= 4 is 22.8 Å². The molecule has 0 aliphatic carbocycles. The molecule has 0 radical (unpaired) electrons. The molecule has 0 atom stereocenters. The van der Waals surface area contributed by atoms with E-state index >= 15 is 0 Å². The molecule has 1 fully saturated rings. The van der Waals surface area contributed by atoms with E-state index in [2.05, 4.69) is 36.2 Å². The second-order valence-electron chi connectivity index (χ2n) is 8.71. The highest BCUT2D eigenvalue weighted by molar-refractivity contribution is 5.88. The largest absolute Gasteiger partial charge is 0.486 e. The van der Waals surface area contributed by atoms with Crippen molar-refractivity contribution < 1.29 is 23.8 Å². The number of esters is 1. The number of hydrogen-bond acceptors (Lipinski definition) is 6. The molecule has 1 saturated heterocycles. The van der Waals surface area contributed by atoms with Crippen LogP contribution in [0.1, 0.15) is 25.3 Å². The number of piperidine rings is 1. The second kappa shape index (κ2) is 8.39. The normalized spacial score (nSPS) is 16.6. The third kappa shape index (κ3) is 4.11. The average molecular weight is 447 g/mol. The molecule has 1 amide bonds. The van der Waals surface area contributed by atoms with Gasteiger partial charge in [-0.25, -0.2) is 0 Å². The SMILES string of the molecule is CC(=O)OCC(=O)N1CCC2(CC1)COc1cc(-c3ccc4cccnc4c3C)ccc1O2. The van der Waals surface area contributed by atoms with Crippen LogP contribution in [0.3, 0.4) is 0 Å². The summed E-state index contributed by atoms with van der Waals surface area (Å²) in [5.41, 5.74) is 3.86. The smallest absolute Gasteiger partial charge is 0.303 e. The third-order valence-electron chi connectivity index (χ3n) is 6.53. The van der Waals surface area contributed by atoms with Crippen LogP contribution in [0.2, 0.25) is 0 Å². The zero-order chi connectivity index (χ0) is 23.0. The maximum Gasteiger partial charge on any atom is 0.303 e. The first-order valence-corrected chi connectivity index (χ1v) is 11.2. The first-order chi connectivity index (χ1) is 15.9. The molecule has 3 aromatic rings. The van der Waals surface area contributed by atoms with Crippen molar-refractivity contribution in [3.05, 3.63) is 54.2 Å². The molecule has 0 saturated carbocycles. The van der Waals surface area contributed by atoms with Gasteiger partial charge >= 0.3 is 5.97 Å². The van der Waals surface area contributed by atoms with Crippen LogP contribution in [0, 0.1) is 6.92 Å². The van der Waals surface area contributed by atoms with E-state index < -0.39 is 11.6 Å². The fourth-order valence-corrected chi connectivity index (χ4v) is 4.61. The first-order valence-electron chi connectivity index (χ1n) is 11.2. The molecular formula is C26H26N2O5. The Balaban J connectivity index is 1.30. The maximum atomic E-state index is 12.2. The minimum Gasteiger partial charge on any atom is -0.486 e. The Morgan fingerprint density at radius 1 is 1.12 bits per heavy atom. The molecule has 5 rings (SSSR count). The summed E-state index contributed by atoms with van der Waals surface area (Å²) in [5, 5.41) is 1.12. The van der Waals surface area contributed by atoms with E-state index in [1.165, 1.54) is 6.92 Å². The van der Waals surface area contributed by atoms with Crippen molar-refractivity contribution in [1.82, 2.24) is 9.88 Å². The van der Waals surface area contributed by atoms with Crippen LogP contribution in [-0.4, -0.2) is 53.7 Å². The van der Waals surface area contributed by atoms with Crippen LogP contribution in [0.5, 0.6) is 11.5 Å². The lowest BCUT2D eigenvalue weighted by molar-refractivity contribution is -0.152. The fourth-order valence-electron chi connectivity index (χ4n) is 4.61. The van der Waals surface area contributed by atoms with E-state index in [1.54, 1.807) is 4.90 Å². The van der Waals surface area contributed by atoms with E-state index in [9.17, 15) is 9.59 Å². The van der Waals surface area contributed by atoms with Gasteiger partial charge < -0.3 is 19.1 Å². The number of hydrogen-bond donors (Lipinski definition) is 0. The lowest BCUT2D eigenvalue weighted by atomic mass is 9.90. The molecule has 2 aliphatic rings. The summed E-state index contributed by atoms with van der Waals surface area (Å²) in [5.74, 6) is 0.822. The van der Waals surface area contributed by atoms with Crippen molar-refractivity contribution in [2.75, 3.05) is 26.3 Å². The van der Waals surface area contributed by atoms with E-state index in [1.807, 2.05) is 24.4 Å². The Hall–Kier alpha value is -3.61. The fraction of sp³-hybridized carbons (Fsp3) is 0.346. The molecule has 1 aromatic heterocycles. The number of carbonyl (C=O) groups is 2. The first kappa shape index (κ1) is 21.2. The van der Waals surface area contributed by atoms with Gasteiger partial charge in [0.1, 0.15) is 12.2 Å². The number of pyridine rings is 1. The van der Waals surface area contributed by atoms with Gasteiger partial charge in [0.15, 0.2) is 18.1 Å². The summed E-state index contributed by atoms with van der Waals surface area (Å²) >= 11 is 0. The number of likely N-dealkylation sites (tertiary alicyclic amines) is 1. The molecule has 7 nitrogen and oxygen atoms in total. The highest BCUT2D eigenvalue weighted by atomic mass is 16.6. The lowest BCUT2D eigenvalue weighted by Gasteiger charge is -2.44. The number of rotatable bonds is 3. The third-order valence-corrected chi connectivity index (χ3v) is 6.53. The van der Waals surface area contributed by atoms with Crippen molar-refractivity contribution in [2.24, 2.45) is 0 Å². The number of carbonyl (C=O) groups excluding carboxylic acids is 2. The topological polar surface area (TPSA) is 78.0 Å². The van der Waals surface area contributed by atoms with Gasteiger partial charge in [0.05, 0.1) is 5.52 Å². The molecule has 3 heterocycles. The summed E-state index contributed by atoms with van der Waals surface area (Å²) in [6.07, 6.45) is 3.14. The minimum atomic E-state index is -0.452. The highest BCUT2D eigenvalue weighted by Crippen LogP contribution is 2.42. The summed E-state index contributed by atoms with van der Waals surface area (Å²) < 4.78 is 17.4. The number of fused-ring (bicyclic) bond motifs is 2. The predicted octanol–water partition coefficient (Wildman–Crippen LogP) is 3.91. The summed E-state index contributed by atoms with van der Waals surface area (Å²) in [4.78, 5) is 29.4. The quantitative estimate of drug-likeness (QED) is 0.568. The Labute approximate surface area is 192 Å². The molecule has 7 heteroatoms. The van der Waals surface area contributed by atoms with Gasteiger partial charge in [0, 0.05) is 44.4 Å². The molecule has 170 valence electrons. The number of ether oxygens (including phenoxy) is 3. The number of nitrogens with zero attached hydrogens (tertiary/aromatic N) is 2. The average Bonchev–Trinajstić information content (AvgIpc) is 2.83. The van der Waals surface area contributed by atoms with Gasteiger partial charge in [0.2, 0.25) is 0 Å². The van der Waals surface area contributed by atoms with Crippen molar-refractivity contribution in [1.29, 1.82) is 0 Å². The Morgan fingerprint density at radius 3 is 2.73 bits per heavy atom. The van der Waals surface area contributed by atoms with Crippen LogP contribution in [0.15, 0.2) is 48.7 Å². The van der Waals surface area contributed by atoms with E-state index in [4.69, 9.17) is 14.2 Å². The minimum absolute atomic E-state index is 0.179. The predicted molar refractivity (Wildman–Crippen MR) is 123 cm³/mol. The van der Waals surface area contributed by atoms with Gasteiger partial charge in [-0.15, -0.1) is 0 Å². The van der Waals surface area contributed by atoms with Gasteiger partial charge in [-0.05, 0) is 41.8 Å². The van der Waals surface area contributed by atoms with Crippen LogP contribution >= 0.6 is 0 Å². The Bertz CT molecular complexity index is 1230. The molecule has 2 aromatic carbocycles. The maximum absolute atomic E-state index is 12.2. The van der Waals surface area contributed by atoms with Crippen molar-refractivity contribution in [3.8, 4) is 22.6 Å². The molecule has 0 bridgehead atoms. The molecule has 33 heavy (non-hydrogen) atoms. The molecular weight excluding hydrogens is 420 g/mol. The standard InChI is InChI=1S/C26H26N2O5/c1-17-21(7-5-19-4-3-11-27-25(17)19)20-6-8-22-23(14-20)32-16-26(33-22)9-12-28(13-10-26)24(30)15-31-18(2)29/h3-8,11,14H,9-10,12-13,15-16H2,1-2H3. The molecule has 0 N–H and O–H groups in total. The summed E-state index contributed by atoms with van der Waals surface area (Å²) in [6.45, 7) is 4.70. The monoisotopic (exact) mass is 446 g/mol. The molecule has 0 unspecified atom stereocenters. The van der Waals surface area contributed by atoms with Crippen LogP contribution in [-0.2, 0) is 14.3 Å². The van der Waals surface area contributed by atoms with Crippen LogP contribution < -0.4 is 9.47 Å². The van der Waals surface area contributed by atoms with Crippen LogP contribution in [0.4, 0.5) is 0 Å². The Morgan fingerprint density at radius 2 is 1.94 bits per heavy atom. The van der Waals surface area contributed by atoms with E-state index in [-0.39, 0.29) is 12.5 Å². The lowest BCUT2D eigenvalue weighted by Crippen LogP contribution is -2.54. The van der Waals surface area contributed by atoms with E-state index in [0.717, 1.165) is 39.1 Å². The van der Waals surface area contributed by atoms with Crippen molar-refractivity contribution in [2.45, 2.75) is 32.3 Å². The number of amides is 1. The van der Waals surface area contributed by atoms with Crippen molar-refractivity contribution in [3.63, 3.8) is 0 Å². The van der Waals surface area contributed by atoms with Gasteiger partial charge in [-0.3, -0.25) is 14.6 Å². The highest BCUT2D eigenvalue weighted by Gasteiger charge is 2.42. The second-order valence-corrected chi connectivity index (χ2v) is 8.71. The Kier molecular flexibility index (Phi) is 5.40. The molecule has 1 spiro atoms. The van der Waals surface area contributed by atoms with Crippen LogP contribution in [0.25, 0.3) is 22.0 Å². The van der Waals surface area contributed by atoms with E-state index in [0.29, 0.717) is 32.5 Å². The molecule has 2 aliphatic heterocycles. The van der Waals surface area contributed by atoms with Gasteiger partial charge in [0.25, 0.3) is 5.91 Å².